The Morgan fingerprint density at radius 3 is 2.55 bits per heavy atom. The van der Waals surface area contributed by atoms with Crippen molar-refractivity contribution >= 4 is 17.5 Å². The number of aromatic nitrogens is 2. The maximum atomic E-state index is 11.1. The summed E-state index contributed by atoms with van der Waals surface area (Å²) < 4.78 is 0. The van der Waals surface area contributed by atoms with Gasteiger partial charge in [0.25, 0.3) is 5.78 Å². The van der Waals surface area contributed by atoms with E-state index in [9.17, 15) is 14.7 Å². The van der Waals surface area contributed by atoms with Crippen LogP contribution < -0.4 is 0 Å². The van der Waals surface area contributed by atoms with Gasteiger partial charge in [-0.3, -0.25) is 9.78 Å². The second kappa shape index (κ2) is 5.83. The molecule has 0 saturated carbocycles. The van der Waals surface area contributed by atoms with Crippen molar-refractivity contribution in [3.05, 3.63) is 59.7 Å². The third kappa shape index (κ3) is 3.11. The van der Waals surface area contributed by atoms with Crippen molar-refractivity contribution in [3.63, 3.8) is 0 Å². The zero-order valence-corrected chi connectivity index (χ0v) is 10.4. The number of H-pyrrole nitrogens is 1. The first-order chi connectivity index (χ1) is 9.58. The van der Waals surface area contributed by atoms with Gasteiger partial charge in [0.1, 0.15) is 5.76 Å². The van der Waals surface area contributed by atoms with Crippen molar-refractivity contribution in [1.29, 1.82) is 0 Å². The lowest BCUT2D eigenvalue weighted by molar-refractivity contribution is -0.146. The SMILES string of the molecule is O=C(O)C(=O)C=C(O)c1c[nH]cc1Cc1ccncc1. The largest absolute Gasteiger partial charge is 0.507 e. The summed E-state index contributed by atoms with van der Waals surface area (Å²) in [6.45, 7) is 0. The average Bonchev–Trinajstić information content (AvgIpc) is 2.88. The van der Waals surface area contributed by atoms with Crippen molar-refractivity contribution < 1.29 is 19.8 Å². The molecule has 2 rings (SSSR count). The lowest BCUT2D eigenvalue weighted by Crippen LogP contribution is -2.09. The molecular formula is C14H12N2O4. The normalized spacial score (nSPS) is 11.3. The van der Waals surface area contributed by atoms with E-state index >= 15 is 0 Å². The molecule has 20 heavy (non-hydrogen) atoms. The molecule has 0 bridgehead atoms. The van der Waals surface area contributed by atoms with Gasteiger partial charge in [0.2, 0.25) is 0 Å². The smallest absolute Gasteiger partial charge is 0.376 e. The molecule has 2 aromatic rings. The number of carbonyl (C=O) groups excluding carboxylic acids is 1. The van der Waals surface area contributed by atoms with Gasteiger partial charge < -0.3 is 15.2 Å². The van der Waals surface area contributed by atoms with Crippen LogP contribution in [0.2, 0.25) is 0 Å². The number of carboxylic acid groups (broad SMARTS) is 1. The van der Waals surface area contributed by atoms with Crippen molar-refractivity contribution in [2.75, 3.05) is 0 Å². The number of aromatic amines is 1. The topological polar surface area (TPSA) is 103 Å². The summed E-state index contributed by atoms with van der Waals surface area (Å²) in [6, 6.07) is 3.67. The number of aliphatic hydroxyl groups is 1. The number of aliphatic carboxylic acids is 1. The highest BCUT2D eigenvalue weighted by Crippen LogP contribution is 2.19. The predicted molar refractivity (Wildman–Crippen MR) is 71.1 cm³/mol. The molecule has 0 saturated heterocycles. The highest BCUT2D eigenvalue weighted by molar-refractivity contribution is 6.38. The number of nitrogens with one attached hydrogen (secondary N) is 1. The van der Waals surface area contributed by atoms with E-state index in [1.54, 1.807) is 18.6 Å². The van der Waals surface area contributed by atoms with Crippen molar-refractivity contribution in [1.82, 2.24) is 9.97 Å². The van der Waals surface area contributed by atoms with Crippen LogP contribution >= 0.6 is 0 Å². The van der Waals surface area contributed by atoms with Crippen molar-refractivity contribution in [2.45, 2.75) is 6.42 Å². The Morgan fingerprint density at radius 1 is 1.20 bits per heavy atom. The first kappa shape index (κ1) is 13.5. The van der Waals surface area contributed by atoms with Crippen LogP contribution in [0.4, 0.5) is 0 Å². The molecule has 0 amide bonds. The molecule has 0 fully saturated rings. The van der Waals surface area contributed by atoms with Gasteiger partial charge in [-0.1, -0.05) is 0 Å². The Balaban J connectivity index is 2.25. The molecule has 0 unspecified atom stereocenters. The van der Waals surface area contributed by atoms with Crippen LogP contribution in [0.25, 0.3) is 5.76 Å². The van der Waals surface area contributed by atoms with Gasteiger partial charge in [-0.25, -0.2) is 4.79 Å². The number of rotatable bonds is 5. The maximum absolute atomic E-state index is 11.1. The van der Waals surface area contributed by atoms with Crippen LogP contribution in [0.3, 0.4) is 0 Å². The first-order valence-corrected chi connectivity index (χ1v) is 5.81. The minimum absolute atomic E-state index is 0.372. The van der Waals surface area contributed by atoms with E-state index in [-0.39, 0.29) is 5.76 Å². The Hall–Kier alpha value is -2.89. The molecule has 0 atom stereocenters. The average molecular weight is 272 g/mol. The van der Waals surface area contributed by atoms with E-state index in [0.29, 0.717) is 18.1 Å². The number of ketones is 1. The number of hydrogen-bond donors (Lipinski definition) is 3. The second-order valence-corrected chi connectivity index (χ2v) is 4.13. The molecule has 0 aliphatic carbocycles. The highest BCUT2D eigenvalue weighted by atomic mass is 16.4. The van der Waals surface area contributed by atoms with E-state index < -0.39 is 11.8 Å². The number of carboxylic acids is 1. The van der Waals surface area contributed by atoms with E-state index in [1.165, 1.54) is 6.20 Å². The molecule has 102 valence electrons. The fourth-order valence-electron chi connectivity index (χ4n) is 1.76. The summed E-state index contributed by atoms with van der Waals surface area (Å²) in [6.07, 6.45) is 7.74. The van der Waals surface area contributed by atoms with Gasteiger partial charge >= 0.3 is 5.97 Å². The van der Waals surface area contributed by atoms with Crippen molar-refractivity contribution in [3.8, 4) is 0 Å². The number of pyridine rings is 1. The van der Waals surface area contributed by atoms with Crippen LogP contribution in [0.15, 0.2) is 43.0 Å². The number of carbonyl (C=O) groups is 2. The third-order valence-electron chi connectivity index (χ3n) is 2.73. The molecular weight excluding hydrogens is 260 g/mol. The molecule has 0 aliphatic rings. The van der Waals surface area contributed by atoms with E-state index in [0.717, 1.165) is 11.1 Å². The van der Waals surface area contributed by atoms with Crippen LogP contribution in [-0.2, 0) is 16.0 Å². The summed E-state index contributed by atoms with van der Waals surface area (Å²) in [5.74, 6) is -3.15. The summed E-state index contributed by atoms with van der Waals surface area (Å²) in [5, 5.41) is 18.3. The first-order valence-electron chi connectivity index (χ1n) is 5.81. The van der Waals surface area contributed by atoms with E-state index in [2.05, 4.69) is 9.97 Å². The van der Waals surface area contributed by atoms with E-state index in [1.807, 2.05) is 12.1 Å². The fourth-order valence-corrected chi connectivity index (χ4v) is 1.76. The monoisotopic (exact) mass is 272 g/mol. The molecule has 6 nitrogen and oxygen atoms in total. The van der Waals surface area contributed by atoms with Gasteiger partial charge in [-0.05, 0) is 29.7 Å². The highest BCUT2D eigenvalue weighted by Gasteiger charge is 2.13. The molecule has 0 aromatic carbocycles. The van der Waals surface area contributed by atoms with Gasteiger partial charge in [0.15, 0.2) is 0 Å². The molecule has 0 aliphatic heterocycles. The number of aliphatic hydroxyl groups excluding tert-OH is 1. The minimum atomic E-state index is -1.61. The Morgan fingerprint density at radius 2 is 1.90 bits per heavy atom. The Bertz CT molecular complexity index is 659. The Kier molecular flexibility index (Phi) is 3.95. The van der Waals surface area contributed by atoms with Crippen molar-refractivity contribution in [2.24, 2.45) is 0 Å². The zero-order chi connectivity index (χ0) is 14.5. The summed E-state index contributed by atoms with van der Waals surface area (Å²) >= 11 is 0. The second-order valence-electron chi connectivity index (χ2n) is 4.13. The molecule has 6 heteroatoms. The van der Waals surface area contributed by atoms with Gasteiger partial charge in [0.05, 0.1) is 0 Å². The standard InChI is InChI=1S/C14H12N2O4/c17-12(6-13(18)14(19)20)11-8-16-7-10(11)5-9-1-3-15-4-2-9/h1-4,6-8,16-17H,5H2,(H,19,20). The summed E-state index contributed by atoms with van der Waals surface area (Å²) in [5.41, 5.74) is 2.14. The lowest BCUT2D eigenvalue weighted by Gasteiger charge is -2.03. The quantitative estimate of drug-likeness (QED) is 0.435. The van der Waals surface area contributed by atoms with Gasteiger partial charge in [0, 0.05) is 36.4 Å². The van der Waals surface area contributed by atoms with Crippen LogP contribution in [-0.4, -0.2) is 31.9 Å². The Labute approximate surface area is 114 Å². The maximum Gasteiger partial charge on any atom is 0.376 e. The van der Waals surface area contributed by atoms with Crippen LogP contribution in [0.5, 0.6) is 0 Å². The lowest BCUT2D eigenvalue weighted by atomic mass is 10.0. The summed E-state index contributed by atoms with van der Waals surface area (Å²) in [4.78, 5) is 28.3. The van der Waals surface area contributed by atoms with Gasteiger partial charge in [-0.2, -0.15) is 0 Å². The zero-order valence-electron chi connectivity index (χ0n) is 10.4. The molecule has 2 aromatic heterocycles. The molecule has 0 radical (unpaired) electrons. The van der Waals surface area contributed by atoms with Gasteiger partial charge in [-0.15, -0.1) is 0 Å². The number of nitrogens with zero attached hydrogens (tertiary/aromatic N) is 1. The van der Waals surface area contributed by atoms with E-state index in [4.69, 9.17) is 5.11 Å². The molecule has 3 N–H and O–H groups in total. The summed E-state index contributed by atoms with van der Waals surface area (Å²) in [7, 11) is 0. The number of hydrogen-bond acceptors (Lipinski definition) is 4. The van der Waals surface area contributed by atoms with Crippen LogP contribution in [0.1, 0.15) is 16.7 Å². The molecule has 2 heterocycles. The third-order valence-corrected chi connectivity index (χ3v) is 2.73. The fraction of sp³-hybridized carbons (Fsp3) is 0.0714. The predicted octanol–water partition coefficient (Wildman–Crippen LogP) is 1.55. The van der Waals surface area contributed by atoms with Crippen LogP contribution in [0, 0.1) is 0 Å². The molecule has 0 spiro atoms. The minimum Gasteiger partial charge on any atom is -0.507 e.